The van der Waals surface area contributed by atoms with Crippen LogP contribution < -0.4 is 10.1 Å². The molecular formula is C21H24N2O6. The summed E-state index contributed by atoms with van der Waals surface area (Å²) in [5.41, 5.74) is 0.530. The van der Waals surface area contributed by atoms with Crippen molar-refractivity contribution in [1.82, 2.24) is 4.90 Å². The first-order chi connectivity index (χ1) is 13.9. The summed E-state index contributed by atoms with van der Waals surface area (Å²) in [6, 6.07) is 6.78. The minimum Gasteiger partial charge on any atom is -0.494 e. The van der Waals surface area contributed by atoms with Crippen molar-refractivity contribution >= 4 is 29.4 Å². The average molecular weight is 400 g/mol. The molecule has 1 aliphatic heterocycles. The van der Waals surface area contributed by atoms with Crippen molar-refractivity contribution in [2.75, 3.05) is 18.5 Å². The van der Waals surface area contributed by atoms with Gasteiger partial charge in [0, 0.05) is 5.69 Å². The molecule has 3 rings (SSSR count). The Morgan fingerprint density at radius 1 is 1.10 bits per heavy atom. The van der Waals surface area contributed by atoms with E-state index in [4.69, 9.17) is 9.47 Å². The first-order valence-electron chi connectivity index (χ1n) is 9.64. The van der Waals surface area contributed by atoms with Crippen LogP contribution >= 0.6 is 0 Å². The fourth-order valence-electron chi connectivity index (χ4n) is 3.49. The summed E-state index contributed by atoms with van der Waals surface area (Å²) in [4.78, 5) is 50.2. The van der Waals surface area contributed by atoms with E-state index in [0.29, 0.717) is 30.9 Å². The Morgan fingerprint density at radius 3 is 2.24 bits per heavy atom. The molecule has 1 aliphatic carbocycles. The van der Waals surface area contributed by atoms with E-state index in [9.17, 15) is 19.2 Å². The summed E-state index contributed by atoms with van der Waals surface area (Å²) in [7, 11) is 0. The molecule has 3 atom stereocenters. The van der Waals surface area contributed by atoms with Crippen molar-refractivity contribution in [2.45, 2.75) is 32.8 Å². The van der Waals surface area contributed by atoms with Gasteiger partial charge in [-0.05, 0) is 51.0 Å². The van der Waals surface area contributed by atoms with Gasteiger partial charge in [0.1, 0.15) is 12.3 Å². The summed E-state index contributed by atoms with van der Waals surface area (Å²) in [6.07, 6.45) is 3.68. The lowest BCUT2D eigenvalue weighted by atomic mass is 9.85. The van der Waals surface area contributed by atoms with Crippen molar-refractivity contribution in [3.63, 3.8) is 0 Å². The molecule has 0 aromatic heterocycles. The number of likely N-dealkylation sites (tertiary alicyclic amines) is 1. The number of benzene rings is 1. The molecule has 29 heavy (non-hydrogen) atoms. The van der Waals surface area contributed by atoms with Gasteiger partial charge < -0.3 is 14.8 Å². The normalized spacial score (nSPS) is 21.5. The van der Waals surface area contributed by atoms with Gasteiger partial charge in [-0.15, -0.1) is 0 Å². The minimum atomic E-state index is -1.08. The number of imide groups is 1. The molecule has 1 aromatic rings. The second kappa shape index (κ2) is 8.89. The van der Waals surface area contributed by atoms with Gasteiger partial charge in [0.2, 0.25) is 11.8 Å². The molecule has 1 saturated heterocycles. The second-order valence-electron chi connectivity index (χ2n) is 7.00. The summed E-state index contributed by atoms with van der Waals surface area (Å²) < 4.78 is 10.5. The van der Waals surface area contributed by atoms with Gasteiger partial charge in [-0.3, -0.25) is 24.1 Å². The van der Waals surface area contributed by atoms with Gasteiger partial charge >= 0.3 is 5.97 Å². The number of nitrogens with one attached hydrogen (secondary N) is 1. The Kier molecular flexibility index (Phi) is 6.31. The third kappa shape index (κ3) is 4.64. The largest absolute Gasteiger partial charge is 0.494 e. The molecule has 1 fully saturated rings. The molecule has 0 bridgehead atoms. The molecule has 8 nitrogen and oxygen atoms in total. The van der Waals surface area contributed by atoms with Gasteiger partial charge in [-0.2, -0.15) is 0 Å². The lowest BCUT2D eigenvalue weighted by Crippen LogP contribution is -2.39. The molecule has 0 spiro atoms. The highest BCUT2D eigenvalue weighted by atomic mass is 16.5. The van der Waals surface area contributed by atoms with Crippen molar-refractivity contribution in [1.29, 1.82) is 0 Å². The molecule has 8 heteroatoms. The summed E-state index contributed by atoms with van der Waals surface area (Å²) in [5, 5.41) is 2.64. The summed E-state index contributed by atoms with van der Waals surface area (Å²) in [6.45, 7) is 3.36. The van der Waals surface area contributed by atoms with Crippen LogP contribution in [0, 0.1) is 11.8 Å². The van der Waals surface area contributed by atoms with Gasteiger partial charge in [0.05, 0.1) is 18.4 Å². The van der Waals surface area contributed by atoms with E-state index >= 15 is 0 Å². The maximum absolute atomic E-state index is 12.4. The number of esters is 1. The van der Waals surface area contributed by atoms with Gasteiger partial charge in [-0.25, -0.2) is 0 Å². The Morgan fingerprint density at radius 2 is 1.69 bits per heavy atom. The lowest BCUT2D eigenvalue weighted by molar-refractivity contribution is -0.158. The SMILES string of the molecule is CCOc1ccc(NC(=O)[C@H](C)OC(=O)CN2C(=O)[C@H]3CC=CC[C@@H]3C2=O)cc1. The maximum Gasteiger partial charge on any atom is 0.326 e. The number of rotatable bonds is 7. The molecule has 0 unspecified atom stereocenters. The number of hydrogen-bond acceptors (Lipinski definition) is 6. The molecule has 2 aliphatic rings. The third-order valence-corrected chi connectivity index (χ3v) is 5.00. The van der Waals surface area contributed by atoms with Gasteiger partial charge in [-0.1, -0.05) is 12.2 Å². The molecule has 0 radical (unpaired) electrons. The van der Waals surface area contributed by atoms with E-state index in [-0.39, 0.29) is 11.8 Å². The molecular weight excluding hydrogens is 376 g/mol. The van der Waals surface area contributed by atoms with Crippen molar-refractivity contribution in [3.05, 3.63) is 36.4 Å². The van der Waals surface area contributed by atoms with Crippen molar-refractivity contribution in [2.24, 2.45) is 11.8 Å². The van der Waals surface area contributed by atoms with Gasteiger partial charge in [0.25, 0.3) is 5.91 Å². The maximum atomic E-state index is 12.4. The van der Waals surface area contributed by atoms with E-state index < -0.39 is 36.4 Å². The van der Waals surface area contributed by atoms with Crippen LogP contribution in [0.5, 0.6) is 5.75 Å². The number of amides is 3. The van der Waals surface area contributed by atoms with Crippen LogP contribution in [0.3, 0.4) is 0 Å². The fraction of sp³-hybridized carbons (Fsp3) is 0.429. The predicted molar refractivity (Wildman–Crippen MR) is 104 cm³/mol. The molecule has 154 valence electrons. The Labute approximate surface area is 168 Å². The monoisotopic (exact) mass is 400 g/mol. The summed E-state index contributed by atoms with van der Waals surface area (Å²) >= 11 is 0. The first kappa shape index (κ1) is 20.6. The highest BCUT2D eigenvalue weighted by Gasteiger charge is 2.47. The zero-order valence-corrected chi connectivity index (χ0v) is 16.4. The second-order valence-corrected chi connectivity index (χ2v) is 7.00. The Hall–Kier alpha value is -3.16. The zero-order valence-electron chi connectivity index (χ0n) is 16.4. The number of allylic oxidation sites excluding steroid dienone is 2. The Balaban J connectivity index is 1.51. The molecule has 0 saturated carbocycles. The average Bonchev–Trinajstić information content (AvgIpc) is 2.95. The number of hydrogen-bond donors (Lipinski definition) is 1. The van der Waals surface area contributed by atoms with Crippen LogP contribution in [-0.4, -0.2) is 47.8 Å². The first-order valence-corrected chi connectivity index (χ1v) is 9.64. The number of fused-ring (bicyclic) bond motifs is 1. The fourth-order valence-corrected chi connectivity index (χ4v) is 3.49. The van der Waals surface area contributed by atoms with E-state index in [0.717, 1.165) is 4.90 Å². The van der Waals surface area contributed by atoms with E-state index in [2.05, 4.69) is 5.32 Å². The molecule has 3 amide bonds. The van der Waals surface area contributed by atoms with Crippen LogP contribution in [0.1, 0.15) is 26.7 Å². The smallest absolute Gasteiger partial charge is 0.326 e. The number of ether oxygens (including phenoxy) is 2. The van der Waals surface area contributed by atoms with Crippen LogP contribution in [0.2, 0.25) is 0 Å². The number of anilines is 1. The van der Waals surface area contributed by atoms with E-state index in [1.807, 2.05) is 19.1 Å². The van der Waals surface area contributed by atoms with E-state index in [1.165, 1.54) is 6.92 Å². The quantitative estimate of drug-likeness (QED) is 0.426. The highest BCUT2D eigenvalue weighted by Crippen LogP contribution is 2.34. The van der Waals surface area contributed by atoms with Crippen LogP contribution in [0.15, 0.2) is 36.4 Å². The zero-order chi connectivity index (χ0) is 21.0. The number of nitrogens with zero attached hydrogens (tertiary/aromatic N) is 1. The molecule has 1 N–H and O–H groups in total. The molecule has 1 heterocycles. The summed E-state index contributed by atoms with van der Waals surface area (Å²) in [5.74, 6) is -2.14. The Bertz CT molecular complexity index is 806. The standard InChI is InChI=1S/C21H24N2O6/c1-3-28-15-10-8-14(9-11-15)22-19(25)13(2)29-18(24)12-23-20(26)16-6-4-5-7-17(16)21(23)27/h4-5,8-11,13,16-17H,3,6-7,12H2,1-2H3,(H,22,25)/t13-,16-,17-/m0/s1. The van der Waals surface area contributed by atoms with Gasteiger partial charge in [0.15, 0.2) is 6.10 Å². The number of carbonyl (C=O) groups excluding carboxylic acids is 4. The van der Waals surface area contributed by atoms with Crippen LogP contribution in [0.4, 0.5) is 5.69 Å². The lowest BCUT2D eigenvalue weighted by Gasteiger charge is -2.17. The van der Waals surface area contributed by atoms with Crippen molar-refractivity contribution in [3.8, 4) is 5.75 Å². The third-order valence-electron chi connectivity index (χ3n) is 5.00. The van der Waals surface area contributed by atoms with Crippen molar-refractivity contribution < 1.29 is 28.7 Å². The minimum absolute atomic E-state index is 0.354. The molecule has 1 aromatic carbocycles. The number of carbonyl (C=O) groups is 4. The topological polar surface area (TPSA) is 102 Å². The van der Waals surface area contributed by atoms with Crippen LogP contribution in [0.25, 0.3) is 0 Å². The van der Waals surface area contributed by atoms with Crippen LogP contribution in [-0.2, 0) is 23.9 Å². The predicted octanol–water partition coefficient (Wildman–Crippen LogP) is 1.91. The van der Waals surface area contributed by atoms with E-state index in [1.54, 1.807) is 24.3 Å². The highest BCUT2D eigenvalue weighted by molar-refractivity contribution is 6.07.